The van der Waals surface area contributed by atoms with Crippen molar-refractivity contribution in [1.29, 1.82) is 0 Å². The summed E-state index contributed by atoms with van der Waals surface area (Å²) < 4.78 is 0. The van der Waals surface area contributed by atoms with Gasteiger partial charge in [-0.2, -0.15) is 0 Å². The highest BCUT2D eigenvalue weighted by atomic mass is 16.4. The Balaban J connectivity index is 1.25. The first-order chi connectivity index (χ1) is 16.5. The number of carboxylic acid groups (broad SMARTS) is 1. The molecule has 2 saturated carbocycles. The van der Waals surface area contributed by atoms with Crippen molar-refractivity contribution in [1.82, 2.24) is 4.98 Å². The molecule has 2 fully saturated rings. The van der Waals surface area contributed by atoms with E-state index in [0.717, 1.165) is 41.6 Å². The maximum absolute atomic E-state index is 12.9. The topological polar surface area (TPSA) is 96.4 Å². The fraction of sp³-hybridized carbons (Fsp3) is 0.286. The molecule has 6 nitrogen and oxygen atoms in total. The highest BCUT2D eigenvalue weighted by Gasteiger charge is 2.51. The number of carbonyl (C=O) groups is 3. The van der Waals surface area contributed by atoms with Gasteiger partial charge in [0.25, 0.3) is 0 Å². The van der Waals surface area contributed by atoms with Crippen LogP contribution in [0.15, 0.2) is 72.9 Å². The summed E-state index contributed by atoms with van der Waals surface area (Å²) in [5.74, 6) is -2.20. The molecule has 0 saturated heterocycles. The van der Waals surface area contributed by atoms with Gasteiger partial charge in [0, 0.05) is 23.4 Å². The van der Waals surface area contributed by atoms with Crippen molar-refractivity contribution in [3.8, 4) is 11.1 Å². The molecule has 2 N–H and O–H groups in total. The number of hydrogen-bond donors (Lipinski definition) is 2. The van der Waals surface area contributed by atoms with Gasteiger partial charge in [0.2, 0.25) is 5.91 Å². The minimum absolute atomic E-state index is 0.0163. The third kappa shape index (κ3) is 4.12. The number of aromatic nitrogens is 1. The van der Waals surface area contributed by atoms with E-state index in [2.05, 4.69) is 10.3 Å². The van der Waals surface area contributed by atoms with Crippen molar-refractivity contribution >= 4 is 23.3 Å². The van der Waals surface area contributed by atoms with Gasteiger partial charge in [0.1, 0.15) is 5.69 Å². The lowest BCUT2D eigenvalue weighted by Crippen LogP contribution is -2.27. The molecular formula is C28H26N2O4. The van der Waals surface area contributed by atoms with Crippen LogP contribution in [-0.2, 0) is 15.0 Å². The maximum atomic E-state index is 12.9. The van der Waals surface area contributed by atoms with E-state index in [1.165, 1.54) is 0 Å². The Bertz CT molecular complexity index is 1220. The number of ketones is 1. The number of nitrogens with one attached hydrogen (secondary N) is 1. The number of anilines is 1. The van der Waals surface area contributed by atoms with Crippen LogP contribution in [0.2, 0.25) is 0 Å². The smallest absolute Gasteiger partial charge is 0.307 e. The second kappa shape index (κ2) is 8.86. The minimum Gasteiger partial charge on any atom is -0.481 e. The van der Waals surface area contributed by atoms with Crippen LogP contribution in [0.4, 0.5) is 5.69 Å². The van der Waals surface area contributed by atoms with E-state index in [9.17, 15) is 19.5 Å². The summed E-state index contributed by atoms with van der Waals surface area (Å²) >= 11 is 0. The first kappa shape index (κ1) is 22.0. The van der Waals surface area contributed by atoms with Crippen LogP contribution < -0.4 is 5.32 Å². The number of amides is 1. The van der Waals surface area contributed by atoms with E-state index in [0.29, 0.717) is 18.5 Å². The Hall–Kier alpha value is -3.80. The largest absolute Gasteiger partial charge is 0.481 e. The quantitative estimate of drug-likeness (QED) is 0.484. The number of hydrogen-bond acceptors (Lipinski definition) is 4. The highest BCUT2D eigenvalue weighted by Crippen LogP contribution is 2.49. The molecule has 1 aromatic heterocycles. The summed E-state index contributed by atoms with van der Waals surface area (Å²) in [5, 5.41) is 12.4. The third-order valence-corrected chi connectivity index (χ3v) is 7.17. The predicted molar refractivity (Wildman–Crippen MR) is 128 cm³/mol. The van der Waals surface area contributed by atoms with Gasteiger partial charge in [-0.3, -0.25) is 19.4 Å². The average molecular weight is 455 g/mol. The zero-order chi connectivity index (χ0) is 23.7. The molecule has 0 aliphatic heterocycles. The molecule has 0 radical (unpaired) electrons. The zero-order valence-corrected chi connectivity index (χ0v) is 18.7. The van der Waals surface area contributed by atoms with Crippen LogP contribution in [0.25, 0.3) is 11.1 Å². The molecule has 172 valence electrons. The summed E-state index contributed by atoms with van der Waals surface area (Å²) in [6, 6.07) is 20.9. The van der Waals surface area contributed by atoms with Crippen molar-refractivity contribution in [3.05, 3.63) is 84.2 Å². The number of carbonyl (C=O) groups excluding carboxylic acids is 2. The molecule has 2 atom stereocenters. The first-order valence-corrected chi connectivity index (χ1v) is 11.7. The predicted octanol–water partition coefficient (Wildman–Crippen LogP) is 5.10. The van der Waals surface area contributed by atoms with E-state index in [1.54, 1.807) is 12.3 Å². The zero-order valence-electron chi connectivity index (χ0n) is 18.7. The monoisotopic (exact) mass is 454 g/mol. The van der Waals surface area contributed by atoms with E-state index < -0.39 is 23.2 Å². The van der Waals surface area contributed by atoms with Gasteiger partial charge < -0.3 is 10.4 Å². The number of Topliss-reactive ketones (excluding diaryl/α,β-unsaturated/α-hetero) is 1. The van der Waals surface area contributed by atoms with Crippen molar-refractivity contribution in [3.63, 3.8) is 0 Å². The Labute approximate surface area is 198 Å². The Morgan fingerprint density at radius 1 is 0.853 bits per heavy atom. The molecule has 2 aromatic carbocycles. The van der Waals surface area contributed by atoms with Gasteiger partial charge in [-0.25, -0.2) is 0 Å². The van der Waals surface area contributed by atoms with E-state index >= 15 is 0 Å². The lowest BCUT2D eigenvalue weighted by atomic mass is 9.90. The fourth-order valence-corrected chi connectivity index (χ4v) is 5.00. The highest BCUT2D eigenvalue weighted by molar-refractivity contribution is 6.01. The third-order valence-electron chi connectivity index (χ3n) is 7.17. The normalized spacial score (nSPS) is 20.5. The van der Waals surface area contributed by atoms with Crippen molar-refractivity contribution in [2.75, 3.05) is 5.32 Å². The number of nitrogens with zero attached hydrogens (tertiary/aromatic N) is 1. The molecule has 1 amide bonds. The number of aliphatic carboxylic acids is 1. The van der Waals surface area contributed by atoms with E-state index in [4.69, 9.17) is 0 Å². The summed E-state index contributed by atoms with van der Waals surface area (Å²) in [7, 11) is 0. The summed E-state index contributed by atoms with van der Waals surface area (Å²) in [6.45, 7) is 0. The van der Waals surface area contributed by atoms with Gasteiger partial charge in [0.15, 0.2) is 5.78 Å². The minimum atomic E-state index is -0.906. The second-order valence-electron chi connectivity index (χ2n) is 9.26. The molecule has 0 spiro atoms. The number of carboxylic acids is 1. The summed E-state index contributed by atoms with van der Waals surface area (Å²) in [4.78, 5) is 41.5. The van der Waals surface area contributed by atoms with Crippen LogP contribution in [0.3, 0.4) is 0 Å². The lowest BCUT2D eigenvalue weighted by Gasteiger charge is -2.16. The number of benzene rings is 2. The van der Waals surface area contributed by atoms with Gasteiger partial charge in [-0.1, -0.05) is 55.0 Å². The molecule has 1 heterocycles. The Morgan fingerprint density at radius 3 is 2.15 bits per heavy atom. The van der Waals surface area contributed by atoms with E-state index in [1.807, 2.05) is 60.7 Å². The average Bonchev–Trinajstić information content (AvgIpc) is 3.54. The summed E-state index contributed by atoms with van der Waals surface area (Å²) in [5.41, 5.74) is 3.43. The van der Waals surface area contributed by atoms with Gasteiger partial charge >= 0.3 is 5.97 Å². The molecule has 5 rings (SSSR count). The van der Waals surface area contributed by atoms with Crippen molar-refractivity contribution in [2.45, 2.75) is 37.5 Å². The molecule has 6 heteroatoms. The SMILES string of the molecule is O=C(O)[C@H]1CCC[C@@H]1C(=O)c1ccc(-c2ccc(NC(=O)C3(c4ccccc4)CC3)cc2)cn1. The standard InChI is InChI=1S/C28H26N2O4/c31-25(22-7-4-8-23(22)26(32)33)24-14-11-19(17-29-24)18-9-12-21(13-10-18)30-27(34)28(15-16-28)20-5-2-1-3-6-20/h1-3,5-6,9-14,17,22-23H,4,7-8,15-16H2,(H,30,34)(H,32,33)/t22-,23-/m0/s1. The molecule has 34 heavy (non-hydrogen) atoms. The van der Waals surface area contributed by atoms with Gasteiger partial charge in [0.05, 0.1) is 11.3 Å². The van der Waals surface area contributed by atoms with Gasteiger partial charge in [-0.15, -0.1) is 0 Å². The van der Waals surface area contributed by atoms with Crippen molar-refractivity contribution < 1.29 is 19.5 Å². The molecule has 0 bridgehead atoms. The maximum Gasteiger partial charge on any atom is 0.307 e. The van der Waals surface area contributed by atoms with Crippen molar-refractivity contribution in [2.24, 2.45) is 11.8 Å². The molecule has 0 unspecified atom stereocenters. The Morgan fingerprint density at radius 2 is 1.53 bits per heavy atom. The molecule has 2 aliphatic carbocycles. The fourth-order valence-electron chi connectivity index (χ4n) is 5.00. The van der Waals surface area contributed by atoms with Crippen LogP contribution in [-0.4, -0.2) is 27.8 Å². The summed E-state index contributed by atoms with van der Waals surface area (Å²) in [6.07, 6.45) is 5.23. The molecule has 2 aliphatic rings. The lowest BCUT2D eigenvalue weighted by molar-refractivity contribution is -0.142. The second-order valence-corrected chi connectivity index (χ2v) is 9.26. The van der Waals surface area contributed by atoms with E-state index in [-0.39, 0.29) is 11.7 Å². The number of pyridine rings is 1. The van der Waals surface area contributed by atoms with Crippen LogP contribution in [0.5, 0.6) is 0 Å². The van der Waals surface area contributed by atoms with Crippen LogP contribution >= 0.6 is 0 Å². The van der Waals surface area contributed by atoms with Gasteiger partial charge in [-0.05, 0) is 55.0 Å². The molecular weight excluding hydrogens is 428 g/mol. The van der Waals surface area contributed by atoms with Crippen LogP contribution in [0.1, 0.15) is 48.2 Å². The Kier molecular flexibility index (Phi) is 5.74. The van der Waals surface area contributed by atoms with Crippen LogP contribution in [0, 0.1) is 11.8 Å². The number of rotatable bonds is 7. The first-order valence-electron chi connectivity index (χ1n) is 11.7. The molecule has 3 aromatic rings.